The van der Waals surface area contributed by atoms with E-state index in [4.69, 9.17) is 15.6 Å². The highest BCUT2D eigenvalue weighted by atomic mass is 16.5. The van der Waals surface area contributed by atoms with Crippen molar-refractivity contribution < 1.29 is 29.0 Å². The largest absolute Gasteiger partial charge is 0.480 e. The molecule has 0 aliphatic carbocycles. The van der Waals surface area contributed by atoms with Gasteiger partial charge in [0.05, 0.1) is 6.42 Å². The third kappa shape index (κ3) is 6.77. The van der Waals surface area contributed by atoms with Crippen molar-refractivity contribution in [3.05, 3.63) is 35.9 Å². The van der Waals surface area contributed by atoms with Crippen LogP contribution in [0.2, 0.25) is 0 Å². The quantitative estimate of drug-likeness (QED) is 0.514. The molecule has 0 unspecified atom stereocenters. The summed E-state index contributed by atoms with van der Waals surface area (Å²) in [7, 11) is 0. The highest BCUT2D eigenvalue weighted by Gasteiger charge is 2.25. The van der Waals surface area contributed by atoms with Crippen LogP contribution in [0.25, 0.3) is 0 Å². The van der Waals surface area contributed by atoms with E-state index in [-0.39, 0.29) is 6.61 Å². The molecule has 9 heteroatoms. The van der Waals surface area contributed by atoms with Gasteiger partial charge in [-0.05, 0) is 12.5 Å². The summed E-state index contributed by atoms with van der Waals surface area (Å²) in [5.41, 5.74) is 5.69. The average Bonchev–Trinajstić information content (AvgIpc) is 2.52. The Morgan fingerprint density at radius 3 is 2.33 bits per heavy atom. The molecule has 0 aromatic heterocycles. The first-order valence-corrected chi connectivity index (χ1v) is 7.08. The Balaban J connectivity index is 2.45. The molecule has 0 heterocycles. The van der Waals surface area contributed by atoms with E-state index in [1.165, 1.54) is 6.92 Å². The summed E-state index contributed by atoms with van der Waals surface area (Å²) >= 11 is 0. The minimum Gasteiger partial charge on any atom is -0.480 e. The fraction of sp³-hybridized carbons (Fsp3) is 0.333. The lowest BCUT2D eigenvalue weighted by Gasteiger charge is -2.17. The molecule has 0 spiro atoms. The zero-order chi connectivity index (χ0) is 18.1. The molecule has 1 rings (SSSR count). The van der Waals surface area contributed by atoms with Crippen molar-refractivity contribution in [2.75, 3.05) is 0 Å². The zero-order valence-electron chi connectivity index (χ0n) is 13.0. The van der Waals surface area contributed by atoms with Crippen LogP contribution in [0.1, 0.15) is 18.9 Å². The summed E-state index contributed by atoms with van der Waals surface area (Å²) in [6.07, 6.45) is -1.38. The van der Waals surface area contributed by atoms with Crippen molar-refractivity contribution in [2.45, 2.75) is 32.0 Å². The molecule has 9 nitrogen and oxygen atoms in total. The van der Waals surface area contributed by atoms with Gasteiger partial charge in [-0.15, -0.1) is 0 Å². The maximum absolute atomic E-state index is 11.9. The molecule has 0 fully saturated rings. The molecule has 0 bridgehead atoms. The number of benzene rings is 1. The predicted molar refractivity (Wildman–Crippen MR) is 82.6 cm³/mol. The van der Waals surface area contributed by atoms with Gasteiger partial charge < -0.3 is 26.2 Å². The monoisotopic (exact) mass is 337 g/mol. The van der Waals surface area contributed by atoms with Crippen LogP contribution in [-0.4, -0.2) is 41.1 Å². The van der Waals surface area contributed by atoms with Crippen LogP contribution in [0.3, 0.4) is 0 Å². The summed E-state index contributed by atoms with van der Waals surface area (Å²) in [6, 6.07) is 6.42. The Bertz CT molecular complexity index is 604. The first-order valence-electron chi connectivity index (χ1n) is 7.08. The summed E-state index contributed by atoms with van der Waals surface area (Å²) in [4.78, 5) is 45.2. The molecule has 1 aromatic carbocycles. The molecule has 2 atom stereocenters. The Hall–Kier alpha value is -3.10. The molecular formula is C15H19N3O6. The summed E-state index contributed by atoms with van der Waals surface area (Å²) in [5.74, 6) is -3.05. The molecule has 0 aliphatic rings. The Kier molecular flexibility index (Phi) is 7.21. The molecule has 24 heavy (non-hydrogen) atoms. The Morgan fingerprint density at radius 1 is 1.17 bits per heavy atom. The van der Waals surface area contributed by atoms with Crippen LogP contribution in [0.15, 0.2) is 30.3 Å². The normalized spacial score (nSPS) is 12.5. The van der Waals surface area contributed by atoms with Gasteiger partial charge in [0.1, 0.15) is 18.7 Å². The first kappa shape index (κ1) is 18.9. The SMILES string of the molecule is C[C@@H](NC(=O)OCc1ccccc1)C(=O)N[C@@H](CC(N)=O)C(=O)O. The van der Waals surface area contributed by atoms with Crippen molar-refractivity contribution in [3.8, 4) is 0 Å². The van der Waals surface area contributed by atoms with Gasteiger partial charge in [0.15, 0.2) is 0 Å². The number of amides is 3. The average molecular weight is 337 g/mol. The summed E-state index contributed by atoms with van der Waals surface area (Å²) < 4.78 is 4.95. The zero-order valence-corrected chi connectivity index (χ0v) is 13.0. The van der Waals surface area contributed by atoms with Crippen molar-refractivity contribution in [3.63, 3.8) is 0 Å². The molecule has 0 radical (unpaired) electrons. The van der Waals surface area contributed by atoms with Crippen LogP contribution in [-0.2, 0) is 25.7 Å². The van der Waals surface area contributed by atoms with Crippen molar-refractivity contribution >= 4 is 23.9 Å². The Morgan fingerprint density at radius 2 is 1.79 bits per heavy atom. The molecule has 5 N–H and O–H groups in total. The van der Waals surface area contributed by atoms with Crippen molar-refractivity contribution in [2.24, 2.45) is 5.73 Å². The number of nitrogens with one attached hydrogen (secondary N) is 2. The van der Waals surface area contributed by atoms with E-state index in [2.05, 4.69) is 10.6 Å². The van der Waals surface area contributed by atoms with E-state index in [9.17, 15) is 19.2 Å². The summed E-state index contributed by atoms with van der Waals surface area (Å²) in [5, 5.41) is 13.3. The lowest BCUT2D eigenvalue weighted by Crippen LogP contribution is -2.51. The second-order valence-electron chi connectivity index (χ2n) is 5.00. The molecule has 0 aliphatic heterocycles. The van der Waals surface area contributed by atoms with E-state index < -0.39 is 42.4 Å². The van der Waals surface area contributed by atoms with E-state index in [1.807, 2.05) is 6.07 Å². The number of carbonyl (C=O) groups is 4. The number of ether oxygens (including phenoxy) is 1. The van der Waals surface area contributed by atoms with Crippen LogP contribution in [0, 0.1) is 0 Å². The number of carboxylic acid groups (broad SMARTS) is 1. The highest BCUT2D eigenvalue weighted by Crippen LogP contribution is 2.01. The van der Waals surface area contributed by atoms with Crippen molar-refractivity contribution in [1.29, 1.82) is 0 Å². The minimum absolute atomic E-state index is 0.0282. The lowest BCUT2D eigenvalue weighted by molar-refractivity contribution is -0.143. The first-order chi connectivity index (χ1) is 11.3. The molecule has 130 valence electrons. The number of nitrogens with two attached hydrogens (primary N) is 1. The van der Waals surface area contributed by atoms with Gasteiger partial charge in [-0.1, -0.05) is 30.3 Å². The second kappa shape index (κ2) is 9.13. The van der Waals surface area contributed by atoms with Crippen LogP contribution in [0.4, 0.5) is 4.79 Å². The van der Waals surface area contributed by atoms with Gasteiger partial charge in [-0.3, -0.25) is 9.59 Å². The standard InChI is InChI=1S/C15H19N3O6/c1-9(13(20)18-11(14(21)22)7-12(16)19)17-15(23)24-8-10-5-3-2-4-6-10/h2-6,9,11H,7-8H2,1H3,(H2,16,19)(H,17,23)(H,18,20)(H,21,22)/t9-,11+/m1/s1. The third-order valence-electron chi connectivity index (χ3n) is 2.96. The van der Waals surface area contributed by atoms with E-state index in [0.717, 1.165) is 5.56 Å². The Labute approximate surface area is 138 Å². The van der Waals surface area contributed by atoms with Gasteiger partial charge in [-0.25, -0.2) is 9.59 Å². The lowest BCUT2D eigenvalue weighted by atomic mass is 10.2. The maximum atomic E-state index is 11.9. The molecule has 1 aromatic rings. The van der Waals surface area contributed by atoms with Gasteiger partial charge in [0.2, 0.25) is 11.8 Å². The minimum atomic E-state index is -1.46. The fourth-order valence-corrected chi connectivity index (χ4v) is 1.71. The van der Waals surface area contributed by atoms with Crippen LogP contribution >= 0.6 is 0 Å². The number of hydrogen-bond donors (Lipinski definition) is 4. The molecule has 0 saturated heterocycles. The van der Waals surface area contributed by atoms with E-state index in [1.54, 1.807) is 24.3 Å². The number of carboxylic acids is 1. The topological polar surface area (TPSA) is 148 Å². The van der Waals surface area contributed by atoms with Crippen LogP contribution < -0.4 is 16.4 Å². The van der Waals surface area contributed by atoms with Crippen molar-refractivity contribution in [1.82, 2.24) is 10.6 Å². The van der Waals surface area contributed by atoms with Gasteiger partial charge in [0.25, 0.3) is 0 Å². The number of aliphatic carboxylic acids is 1. The fourth-order valence-electron chi connectivity index (χ4n) is 1.71. The maximum Gasteiger partial charge on any atom is 0.408 e. The number of rotatable bonds is 8. The molecule has 0 saturated carbocycles. The number of alkyl carbamates (subject to hydrolysis) is 1. The van der Waals surface area contributed by atoms with Gasteiger partial charge >= 0.3 is 12.1 Å². The van der Waals surface area contributed by atoms with E-state index in [0.29, 0.717) is 0 Å². The van der Waals surface area contributed by atoms with Gasteiger partial charge in [0, 0.05) is 0 Å². The smallest absolute Gasteiger partial charge is 0.408 e. The van der Waals surface area contributed by atoms with Gasteiger partial charge in [-0.2, -0.15) is 0 Å². The summed E-state index contributed by atoms with van der Waals surface area (Å²) in [6.45, 7) is 1.38. The molecular weight excluding hydrogens is 318 g/mol. The third-order valence-corrected chi connectivity index (χ3v) is 2.96. The molecule has 3 amide bonds. The number of primary amides is 1. The van der Waals surface area contributed by atoms with E-state index >= 15 is 0 Å². The second-order valence-corrected chi connectivity index (χ2v) is 5.00. The highest BCUT2D eigenvalue weighted by molar-refractivity contribution is 5.91. The number of hydrogen-bond acceptors (Lipinski definition) is 5. The number of carbonyl (C=O) groups excluding carboxylic acids is 3. The predicted octanol–water partition coefficient (Wildman–Crippen LogP) is -0.254. The van der Waals surface area contributed by atoms with Crippen LogP contribution in [0.5, 0.6) is 0 Å².